The highest BCUT2D eigenvalue weighted by Gasteiger charge is 2.18. The van der Waals surface area contributed by atoms with Crippen LogP contribution >= 0.6 is 0 Å². The maximum Gasteiger partial charge on any atom is 0.329 e. The van der Waals surface area contributed by atoms with Gasteiger partial charge in [0, 0.05) is 13.1 Å². The molecule has 156 valence electrons. The molecule has 0 spiro atoms. The van der Waals surface area contributed by atoms with Crippen LogP contribution in [-0.4, -0.2) is 44.4 Å². The number of nitrogens with one attached hydrogen (secondary N) is 2. The first-order chi connectivity index (χ1) is 13.8. The van der Waals surface area contributed by atoms with E-state index in [1.165, 1.54) is 23.2 Å². The van der Waals surface area contributed by atoms with Crippen LogP contribution in [0.3, 0.4) is 0 Å². The Morgan fingerprint density at radius 1 is 1.10 bits per heavy atom. The highest BCUT2D eigenvalue weighted by Crippen LogP contribution is 2.12. The molecule has 9 nitrogen and oxygen atoms in total. The van der Waals surface area contributed by atoms with E-state index in [0.717, 1.165) is 5.56 Å². The van der Waals surface area contributed by atoms with E-state index >= 15 is 0 Å². The number of carbonyl (C=O) groups excluding carboxylic acids is 2. The van der Waals surface area contributed by atoms with Gasteiger partial charge in [-0.15, -0.1) is 0 Å². The van der Waals surface area contributed by atoms with Crippen molar-refractivity contribution in [3.05, 3.63) is 53.5 Å². The molecule has 0 aliphatic heterocycles. The predicted octanol–water partition coefficient (Wildman–Crippen LogP) is 1.39. The van der Waals surface area contributed by atoms with Crippen molar-refractivity contribution in [2.24, 2.45) is 5.10 Å². The first-order valence-corrected chi connectivity index (χ1v) is 10.5. The molecule has 0 bridgehead atoms. The zero-order valence-electron chi connectivity index (χ0n) is 16.5. The van der Waals surface area contributed by atoms with Crippen LogP contribution in [0.4, 0.5) is 0 Å². The number of hydrazone groups is 1. The third-order valence-electron chi connectivity index (χ3n) is 4.05. The summed E-state index contributed by atoms with van der Waals surface area (Å²) in [5.41, 5.74) is 3.10. The van der Waals surface area contributed by atoms with Gasteiger partial charge in [0.1, 0.15) is 11.5 Å². The van der Waals surface area contributed by atoms with Crippen LogP contribution in [-0.2, 0) is 26.2 Å². The Balaban J connectivity index is 1.90. The van der Waals surface area contributed by atoms with Crippen LogP contribution in [0.1, 0.15) is 30.9 Å². The molecule has 10 heteroatoms. The number of furan rings is 1. The lowest BCUT2D eigenvalue weighted by Gasteiger charge is -2.16. The topological polar surface area (TPSA) is 121 Å². The standard InChI is InChI=1S/C19H24N4O5S/c1-4-23(5-2)19(25)18(24)22-20-12-15-8-9-16(28-15)13-21-29(26,27)17-10-6-14(3)7-11-17/h6-12,21H,4-5,13H2,1-3H3,(H,22,24)/b20-12+. The Labute approximate surface area is 169 Å². The Morgan fingerprint density at radius 2 is 1.76 bits per heavy atom. The van der Waals surface area contributed by atoms with Gasteiger partial charge < -0.3 is 9.32 Å². The van der Waals surface area contributed by atoms with Crippen molar-refractivity contribution in [2.45, 2.75) is 32.2 Å². The smallest absolute Gasteiger partial charge is 0.329 e. The number of aryl methyl sites for hydroxylation is 1. The van der Waals surface area contributed by atoms with Gasteiger partial charge in [-0.05, 0) is 45.0 Å². The third-order valence-corrected chi connectivity index (χ3v) is 5.47. The van der Waals surface area contributed by atoms with E-state index in [0.29, 0.717) is 24.6 Å². The molecule has 0 aliphatic carbocycles. The van der Waals surface area contributed by atoms with Crippen molar-refractivity contribution in [1.29, 1.82) is 0 Å². The molecule has 1 aromatic heterocycles. The lowest BCUT2D eigenvalue weighted by atomic mass is 10.2. The van der Waals surface area contributed by atoms with Gasteiger partial charge in [-0.1, -0.05) is 17.7 Å². The summed E-state index contributed by atoms with van der Waals surface area (Å²) in [6.45, 7) is 6.22. The van der Waals surface area contributed by atoms with Crippen molar-refractivity contribution >= 4 is 28.1 Å². The van der Waals surface area contributed by atoms with E-state index < -0.39 is 21.8 Å². The maximum atomic E-state index is 12.3. The quantitative estimate of drug-likeness (QED) is 0.380. The predicted molar refractivity (Wildman–Crippen MR) is 108 cm³/mol. The fourth-order valence-corrected chi connectivity index (χ4v) is 3.38. The van der Waals surface area contributed by atoms with E-state index in [9.17, 15) is 18.0 Å². The summed E-state index contributed by atoms with van der Waals surface area (Å²) in [6, 6.07) is 9.64. The number of sulfonamides is 1. The van der Waals surface area contributed by atoms with Gasteiger partial charge in [0.05, 0.1) is 17.7 Å². The summed E-state index contributed by atoms with van der Waals surface area (Å²) < 4.78 is 32.4. The average molecular weight is 420 g/mol. The number of nitrogens with zero attached hydrogens (tertiary/aromatic N) is 2. The summed E-state index contributed by atoms with van der Waals surface area (Å²) in [5, 5.41) is 3.69. The molecule has 2 amide bonds. The SMILES string of the molecule is CCN(CC)C(=O)C(=O)N/N=C/c1ccc(CNS(=O)(=O)c2ccc(C)cc2)o1. The molecule has 0 atom stereocenters. The van der Waals surface area contributed by atoms with Crippen molar-refractivity contribution in [1.82, 2.24) is 15.0 Å². The first-order valence-electron chi connectivity index (χ1n) is 9.04. The number of hydrogen-bond acceptors (Lipinski definition) is 6. The van der Waals surface area contributed by atoms with Crippen LogP contribution in [0.25, 0.3) is 0 Å². The maximum absolute atomic E-state index is 12.3. The number of hydrogen-bond donors (Lipinski definition) is 2. The lowest BCUT2D eigenvalue weighted by Crippen LogP contribution is -2.41. The summed E-state index contributed by atoms with van der Waals surface area (Å²) in [4.78, 5) is 25.1. The zero-order valence-corrected chi connectivity index (χ0v) is 17.3. The van der Waals surface area contributed by atoms with E-state index in [-0.39, 0.29) is 11.4 Å². The molecule has 0 saturated heterocycles. The van der Waals surface area contributed by atoms with Crippen molar-refractivity contribution in [3.8, 4) is 0 Å². The van der Waals surface area contributed by atoms with Gasteiger partial charge in [-0.25, -0.2) is 18.6 Å². The van der Waals surface area contributed by atoms with E-state index in [2.05, 4.69) is 15.2 Å². The van der Waals surface area contributed by atoms with Gasteiger partial charge in [0.2, 0.25) is 10.0 Å². The van der Waals surface area contributed by atoms with E-state index in [1.54, 1.807) is 38.1 Å². The summed E-state index contributed by atoms with van der Waals surface area (Å²) >= 11 is 0. The van der Waals surface area contributed by atoms with E-state index in [4.69, 9.17) is 4.42 Å². The summed E-state index contributed by atoms with van der Waals surface area (Å²) in [6.07, 6.45) is 1.23. The van der Waals surface area contributed by atoms with Crippen LogP contribution in [0.2, 0.25) is 0 Å². The molecule has 0 fully saturated rings. The van der Waals surface area contributed by atoms with Crippen LogP contribution in [0.5, 0.6) is 0 Å². The Kier molecular flexibility index (Phi) is 7.68. The normalized spacial score (nSPS) is 11.6. The molecule has 1 heterocycles. The van der Waals surface area contributed by atoms with Gasteiger partial charge in [-0.3, -0.25) is 9.59 Å². The second-order valence-corrected chi connectivity index (χ2v) is 7.89. The zero-order chi connectivity index (χ0) is 21.4. The number of amides is 2. The van der Waals surface area contributed by atoms with Gasteiger partial charge >= 0.3 is 11.8 Å². The van der Waals surface area contributed by atoms with Crippen molar-refractivity contribution < 1.29 is 22.4 Å². The Morgan fingerprint density at radius 3 is 2.38 bits per heavy atom. The van der Waals surface area contributed by atoms with Gasteiger partial charge in [0.15, 0.2) is 0 Å². The van der Waals surface area contributed by atoms with Crippen molar-refractivity contribution in [3.63, 3.8) is 0 Å². The molecule has 0 aliphatic rings. The number of benzene rings is 1. The minimum atomic E-state index is -3.66. The van der Waals surface area contributed by atoms with E-state index in [1.807, 2.05) is 6.92 Å². The third kappa shape index (κ3) is 6.26. The minimum absolute atomic E-state index is 0.0448. The first kappa shape index (κ1) is 22.3. The highest BCUT2D eigenvalue weighted by molar-refractivity contribution is 7.89. The largest absolute Gasteiger partial charge is 0.459 e. The Hall–Kier alpha value is -2.98. The Bertz CT molecular complexity index is 976. The lowest BCUT2D eigenvalue weighted by molar-refractivity contribution is -0.145. The number of likely N-dealkylation sites (N-methyl/N-ethyl adjacent to an activating group) is 1. The summed E-state index contributed by atoms with van der Waals surface area (Å²) in [7, 11) is -3.66. The molecule has 1 aromatic carbocycles. The fourth-order valence-electron chi connectivity index (χ4n) is 2.38. The molecular formula is C19H24N4O5S. The molecule has 0 unspecified atom stereocenters. The van der Waals surface area contributed by atoms with Gasteiger partial charge in [0.25, 0.3) is 0 Å². The van der Waals surface area contributed by atoms with Crippen molar-refractivity contribution in [2.75, 3.05) is 13.1 Å². The number of rotatable bonds is 8. The molecule has 29 heavy (non-hydrogen) atoms. The van der Waals surface area contributed by atoms with Crippen LogP contribution < -0.4 is 10.1 Å². The molecule has 2 rings (SSSR count). The summed E-state index contributed by atoms with van der Waals surface area (Å²) in [5.74, 6) is -0.849. The molecule has 2 aromatic rings. The average Bonchev–Trinajstić information content (AvgIpc) is 3.15. The van der Waals surface area contributed by atoms with Gasteiger partial charge in [-0.2, -0.15) is 5.10 Å². The number of carbonyl (C=O) groups is 2. The van der Waals surface area contributed by atoms with Crippen LogP contribution in [0, 0.1) is 6.92 Å². The second-order valence-electron chi connectivity index (χ2n) is 6.12. The highest BCUT2D eigenvalue weighted by atomic mass is 32.2. The molecular weight excluding hydrogens is 396 g/mol. The molecule has 2 N–H and O–H groups in total. The fraction of sp³-hybridized carbons (Fsp3) is 0.316. The second kappa shape index (κ2) is 9.99. The van der Waals surface area contributed by atoms with Crippen LogP contribution in [0.15, 0.2) is 50.8 Å². The minimum Gasteiger partial charge on any atom is -0.459 e. The molecule has 0 radical (unpaired) electrons. The monoisotopic (exact) mass is 420 g/mol. The molecule has 0 saturated carbocycles.